The van der Waals surface area contributed by atoms with Crippen LogP contribution in [-0.2, 0) is 24.0 Å². The predicted octanol–water partition coefficient (Wildman–Crippen LogP) is -0.441. The summed E-state index contributed by atoms with van der Waals surface area (Å²) in [5.41, 5.74) is 0. The first-order valence-electron chi connectivity index (χ1n) is 5.32. The second-order valence-electron chi connectivity index (χ2n) is 3.58. The van der Waals surface area contributed by atoms with Gasteiger partial charge in [0.05, 0.1) is 13.5 Å². The van der Waals surface area contributed by atoms with Crippen molar-refractivity contribution < 1.29 is 39.3 Å². The average molecular weight is 277 g/mol. The molecule has 0 unspecified atom stereocenters. The molecule has 3 N–H and O–H groups in total. The zero-order valence-corrected chi connectivity index (χ0v) is 10.2. The van der Waals surface area contributed by atoms with Gasteiger partial charge in [0.15, 0.2) is 6.04 Å². The highest BCUT2D eigenvalue weighted by Crippen LogP contribution is 2.11. The van der Waals surface area contributed by atoms with Crippen LogP contribution in [0.5, 0.6) is 0 Å². The minimum Gasteiger partial charge on any atom is -0.481 e. The molecule has 0 aliphatic rings. The summed E-state index contributed by atoms with van der Waals surface area (Å²) in [7, 11) is 1.05. The van der Waals surface area contributed by atoms with E-state index in [0.717, 1.165) is 7.11 Å². The highest BCUT2D eigenvalue weighted by Gasteiger charge is 2.30. The van der Waals surface area contributed by atoms with E-state index in [1.54, 1.807) is 0 Å². The van der Waals surface area contributed by atoms with E-state index < -0.39 is 49.1 Å². The third-order valence-corrected chi connectivity index (χ3v) is 2.20. The number of amides is 1. The van der Waals surface area contributed by atoms with Crippen LogP contribution in [0.1, 0.15) is 25.7 Å². The molecule has 1 atom stereocenters. The molecule has 0 bridgehead atoms. The van der Waals surface area contributed by atoms with Crippen LogP contribution in [-0.4, -0.2) is 57.3 Å². The Balaban J connectivity index is 4.72. The quantitative estimate of drug-likeness (QED) is 0.481. The monoisotopic (exact) mass is 277 g/mol. The number of hydroxylamine groups is 2. The van der Waals surface area contributed by atoms with Crippen molar-refractivity contribution in [1.29, 1.82) is 0 Å². The van der Waals surface area contributed by atoms with Gasteiger partial charge in [-0.25, -0.2) is 9.86 Å². The van der Waals surface area contributed by atoms with Crippen LogP contribution < -0.4 is 0 Å². The highest BCUT2D eigenvalue weighted by molar-refractivity contribution is 5.85. The molecule has 0 saturated carbocycles. The first-order valence-corrected chi connectivity index (χ1v) is 5.32. The smallest absolute Gasteiger partial charge is 0.329 e. The van der Waals surface area contributed by atoms with E-state index in [0.29, 0.717) is 5.06 Å². The van der Waals surface area contributed by atoms with Gasteiger partial charge in [0, 0.05) is 12.8 Å². The summed E-state index contributed by atoms with van der Waals surface area (Å²) in [5, 5.41) is 26.4. The topological polar surface area (TPSA) is 141 Å². The van der Waals surface area contributed by atoms with E-state index in [9.17, 15) is 19.2 Å². The van der Waals surface area contributed by atoms with Gasteiger partial charge in [-0.15, -0.1) is 0 Å². The van der Waals surface area contributed by atoms with Gasteiger partial charge in [0.1, 0.15) is 0 Å². The first-order chi connectivity index (χ1) is 8.79. The Labute approximate surface area is 108 Å². The second-order valence-corrected chi connectivity index (χ2v) is 3.58. The van der Waals surface area contributed by atoms with Crippen LogP contribution in [0.25, 0.3) is 0 Å². The van der Waals surface area contributed by atoms with Crippen LogP contribution in [0.2, 0.25) is 0 Å². The maximum absolute atomic E-state index is 11.6. The summed E-state index contributed by atoms with van der Waals surface area (Å²) >= 11 is 0. The second kappa shape index (κ2) is 8.03. The minimum absolute atomic E-state index is 0.336. The third kappa shape index (κ3) is 6.36. The third-order valence-electron chi connectivity index (χ3n) is 2.20. The number of carbonyl (C=O) groups excluding carboxylic acids is 1. The summed E-state index contributed by atoms with van der Waals surface area (Å²) in [6, 6.07) is -1.47. The normalized spacial score (nSPS) is 11.6. The van der Waals surface area contributed by atoms with Crippen LogP contribution >= 0.6 is 0 Å². The summed E-state index contributed by atoms with van der Waals surface area (Å²) < 4.78 is 0. The standard InChI is InChI=1S/C10H15NO8/c1-19-11(7(12)3-5-9(15)16)6(10(17)18)2-4-8(13)14/h6H,2-5H2,1H3,(H,13,14)(H,15,16)(H,17,18)/t6-/m0/s1. The van der Waals surface area contributed by atoms with E-state index in [2.05, 4.69) is 4.84 Å². The van der Waals surface area contributed by atoms with Gasteiger partial charge in [-0.2, -0.15) is 0 Å². The summed E-state index contributed by atoms with van der Waals surface area (Å²) in [6.07, 6.45) is -1.69. The summed E-state index contributed by atoms with van der Waals surface area (Å²) in [5.74, 6) is -4.67. The van der Waals surface area contributed by atoms with Gasteiger partial charge < -0.3 is 15.3 Å². The molecule has 0 fully saturated rings. The van der Waals surface area contributed by atoms with Crippen LogP contribution in [0.3, 0.4) is 0 Å². The molecule has 9 heteroatoms. The number of hydrogen-bond acceptors (Lipinski definition) is 5. The maximum Gasteiger partial charge on any atom is 0.329 e. The van der Waals surface area contributed by atoms with Crippen LogP contribution in [0.15, 0.2) is 0 Å². The Kier molecular flexibility index (Phi) is 7.12. The molecule has 0 aromatic carbocycles. The Morgan fingerprint density at radius 2 is 1.53 bits per heavy atom. The molecule has 0 aromatic rings. The SMILES string of the molecule is CON(C(=O)CCC(=O)O)[C@@H](CCC(=O)O)C(=O)O. The molecule has 0 aliphatic carbocycles. The van der Waals surface area contributed by atoms with Crippen molar-refractivity contribution in [3.63, 3.8) is 0 Å². The van der Waals surface area contributed by atoms with Crippen molar-refractivity contribution in [1.82, 2.24) is 5.06 Å². The van der Waals surface area contributed by atoms with Crippen molar-refractivity contribution >= 4 is 23.8 Å². The molecular weight excluding hydrogens is 262 g/mol. The van der Waals surface area contributed by atoms with Crippen LogP contribution in [0, 0.1) is 0 Å². The fourth-order valence-electron chi connectivity index (χ4n) is 1.33. The Bertz CT molecular complexity index is 367. The maximum atomic E-state index is 11.6. The Morgan fingerprint density at radius 3 is 1.89 bits per heavy atom. The predicted molar refractivity (Wildman–Crippen MR) is 59.0 cm³/mol. The number of aliphatic carboxylic acids is 3. The number of hydrogen-bond donors (Lipinski definition) is 3. The summed E-state index contributed by atoms with van der Waals surface area (Å²) in [6.45, 7) is 0. The number of rotatable bonds is 9. The van der Waals surface area contributed by atoms with Crippen molar-refractivity contribution in [2.45, 2.75) is 31.7 Å². The average Bonchev–Trinajstić information content (AvgIpc) is 2.30. The molecular formula is C10H15NO8. The van der Waals surface area contributed by atoms with Crippen molar-refractivity contribution in [3.05, 3.63) is 0 Å². The van der Waals surface area contributed by atoms with Gasteiger partial charge >= 0.3 is 17.9 Å². The lowest BCUT2D eigenvalue weighted by Crippen LogP contribution is -2.44. The largest absolute Gasteiger partial charge is 0.481 e. The van der Waals surface area contributed by atoms with E-state index in [1.165, 1.54) is 0 Å². The molecule has 108 valence electrons. The van der Waals surface area contributed by atoms with Crippen molar-refractivity contribution in [2.75, 3.05) is 7.11 Å². The Morgan fingerprint density at radius 1 is 1.00 bits per heavy atom. The molecule has 0 radical (unpaired) electrons. The van der Waals surface area contributed by atoms with Gasteiger partial charge in [0.2, 0.25) is 5.91 Å². The zero-order valence-electron chi connectivity index (χ0n) is 10.2. The first kappa shape index (κ1) is 16.8. The van der Waals surface area contributed by atoms with E-state index in [4.69, 9.17) is 15.3 Å². The molecule has 9 nitrogen and oxygen atoms in total. The molecule has 0 heterocycles. The van der Waals surface area contributed by atoms with Gasteiger partial charge in [-0.05, 0) is 6.42 Å². The molecule has 0 spiro atoms. The minimum atomic E-state index is -1.47. The van der Waals surface area contributed by atoms with Crippen molar-refractivity contribution in [2.24, 2.45) is 0 Å². The lowest BCUT2D eigenvalue weighted by Gasteiger charge is -2.25. The highest BCUT2D eigenvalue weighted by atomic mass is 16.7. The van der Waals surface area contributed by atoms with Crippen LogP contribution in [0.4, 0.5) is 0 Å². The van der Waals surface area contributed by atoms with E-state index in [1.807, 2.05) is 0 Å². The van der Waals surface area contributed by atoms with Gasteiger partial charge in [-0.1, -0.05) is 0 Å². The van der Waals surface area contributed by atoms with E-state index in [-0.39, 0.29) is 6.42 Å². The van der Waals surface area contributed by atoms with Crippen molar-refractivity contribution in [3.8, 4) is 0 Å². The molecule has 1 amide bonds. The molecule has 0 saturated heterocycles. The molecule has 0 rings (SSSR count). The van der Waals surface area contributed by atoms with Gasteiger partial charge in [0.25, 0.3) is 0 Å². The lowest BCUT2D eigenvalue weighted by atomic mass is 10.1. The number of nitrogens with zero attached hydrogens (tertiary/aromatic N) is 1. The lowest BCUT2D eigenvalue weighted by molar-refractivity contribution is -0.198. The number of carbonyl (C=O) groups is 4. The number of carboxylic acids is 3. The zero-order chi connectivity index (χ0) is 15.0. The molecule has 0 aromatic heterocycles. The fraction of sp³-hybridized carbons (Fsp3) is 0.600. The molecule has 19 heavy (non-hydrogen) atoms. The fourth-order valence-corrected chi connectivity index (χ4v) is 1.33. The Hall–Kier alpha value is -2.16. The summed E-state index contributed by atoms with van der Waals surface area (Å²) in [4.78, 5) is 47.9. The van der Waals surface area contributed by atoms with Gasteiger partial charge in [-0.3, -0.25) is 19.2 Å². The van der Waals surface area contributed by atoms with E-state index >= 15 is 0 Å². The number of carboxylic acid groups (broad SMARTS) is 3. The molecule has 0 aliphatic heterocycles.